The number of piperidine rings is 1. The molecular weight excluding hydrogens is 282 g/mol. The number of fused-ring (bicyclic) bond motifs is 1. The molecule has 1 saturated heterocycles. The highest BCUT2D eigenvalue weighted by Crippen LogP contribution is 2.27. The van der Waals surface area contributed by atoms with Crippen LogP contribution in [0.3, 0.4) is 0 Å². The van der Waals surface area contributed by atoms with Crippen molar-refractivity contribution in [1.82, 2.24) is 29.5 Å². The van der Waals surface area contributed by atoms with Crippen molar-refractivity contribution in [1.29, 1.82) is 0 Å². The third-order valence-electron chi connectivity index (χ3n) is 4.01. The average molecular weight is 303 g/mol. The maximum atomic E-state index is 12.1. The average Bonchev–Trinajstić information content (AvgIpc) is 2.84. The molecule has 0 spiro atoms. The second-order valence-corrected chi connectivity index (χ2v) is 5.94. The normalized spacial score (nSPS) is 16.6. The quantitative estimate of drug-likeness (QED) is 0.866. The predicted octanol–water partition coefficient (Wildman–Crippen LogP) is 0.134. The van der Waals surface area contributed by atoms with Crippen molar-refractivity contribution < 1.29 is 4.79 Å². The van der Waals surface area contributed by atoms with Crippen LogP contribution in [-0.4, -0.2) is 69.2 Å². The van der Waals surface area contributed by atoms with Crippen LogP contribution in [0.25, 0.3) is 11.0 Å². The Kier molecular flexibility index (Phi) is 3.93. The molecular formula is C14H21N7O. The van der Waals surface area contributed by atoms with Gasteiger partial charge in [-0.25, -0.2) is 14.6 Å². The zero-order valence-corrected chi connectivity index (χ0v) is 12.9. The summed E-state index contributed by atoms with van der Waals surface area (Å²) in [6.45, 7) is 1.93. The highest BCUT2D eigenvalue weighted by atomic mass is 16.2. The number of aromatic nitrogens is 4. The Morgan fingerprint density at radius 1 is 1.41 bits per heavy atom. The van der Waals surface area contributed by atoms with Crippen LogP contribution in [0.4, 0.5) is 5.82 Å². The van der Waals surface area contributed by atoms with Crippen LogP contribution in [0.15, 0.2) is 12.5 Å². The Balaban J connectivity index is 1.72. The van der Waals surface area contributed by atoms with Crippen molar-refractivity contribution >= 4 is 22.8 Å². The lowest BCUT2D eigenvalue weighted by Gasteiger charge is -2.32. The minimum atomic E-state index is 0.176. The molecule has 0 bridgehead atoms. The Morgan fingerprint density at radius 3 is 2.82 bits per heavy atom. The first-order valence-corrected chi connectivity index (χ1v) is 7.42. The summed E-state index contributed by atoms with van der Waals surface area (Å²) in [6.07, 6.45) is 4.92. The fraction of sp³-hybridized carbons (Fsp3) is 0.571. The van der Waals surface area contributed by atoms with Gasteiger partial charge in [-0.3, -0.25) is 4.79 Å². The molecule has 1 aliphatic rings. The molecule has 118 valence electrons. The maximum Gasteiger partial charge on any atom is 0.236 e. The molecule has 2 aromatic heterocycles. The molecule has 8 nitrogen and oxygen atoms in total. The van der Waals surface area contributed by atoms with Crippen LogP contribution >= 0.6 is 0 Å². The molecule has 2 aromatic rings. The van der Waals surface area contributed by atoms with Crippen LogP contribution in [0, 0.1) is 0 Å². The van der Waals surface area contributed by atoms with Crippen LogP contribution in [0.1, 0.15) is 18.9 Å². The number of likely N-dealkylation sites (N-methyl/N-ethyl adjacent to an activating group) is 1. The second kappa shape index (κ2) is 5.88. The fourth-order valence-electron chi connectivity index (χ4n) is 2.89. The summed E-state index contributed by atoms with van der Waals surface area (Å²) in [7, 11) is 3.81. The SMILES string of the molecule is CN(C)CC(=O)N1CCC(n2nc(N)c3cncnc32)CC1. The number of hydrogen-bond donors (Lipinski definition) is 1. The number of likely N-dealkylation sites (tertiary alicyclic amines) is 1. The van der Waals surface area contributed by atoms with E-state index >= 15 is 0 Å². The monoisotopic (exact) mass is 303 g/mol. The molecule has 2 N–H and O–H groups in total. The summed E-state index contributed by atoms with van der Waals surface area (Å²) in [4.78, 5) is 24.2. The van der Waals surface area contributed by atoms with Gasteiger partial charge in [-0.2, -0.15) is 5.10 Å². The van der Waals surface area contributed by atoms with Gasteiger partial charge in [0, 0.05) is 19.3 Å². The second-order valence-electron chi connectivity index (χ2n) is 5.94. The van der Waals surface area contributed by atoms with Gasteiger partial charge in [-0.1, -0.05) is 0 Å². The molecule has 1 fully saturated rings. The van der Waals surface area contributed by atoms with E-state index in [1.165, 1.54) is 6.33 Å². The maximum absolute atomic E-state index is 12.1. The van der Waals surface area contributed by atoms with Gasteiger partial charge >= 0.3 is 0 Å². The van der Waals surface area contributed by atoms with Gasteiger partial charge in [0.2, 0.25) is 5.91 Å². The van der Waals surface area contributed by atoms with E-state index in [2.05, 4.69) is 15.1 Å². The molecule has 0 radical (unpaired) electrons. The zero-order chi connectivity index (χ0) is 15.7. The highest BCUT2D eigenvalue weighted by molar-refractivity contribution is 5.85. The first-order valence-electron chi connectivity index (χ1n) is 7.42. The van der Waals surface area contributed by atoms with Crippen LogP contribution < -0.4 is 5.73 Å². The number of amides is 1. The number of carbonyl (C=O) groups is 1. The Morgan fingerprint density at radius 2 is 2.14 bits per heavy atom. The molecule has 0 unspecified atom stereocenters. The molecule has 3 heterocycles. The lowest BCUT2D eigenvalue weighted by Crippen LogP contribution is -2.43. The number of carbonyl (C=O) groups excluding carboxylic acids is 1. The number of anilines is 1. The predicted molar refractivity (Wildman–Crippen MR) is 83.1 cm³/mol. The fourth-order valence-corrected chi connectivity index (χ4v) is 2.89. The van der Waals surface area contributed by atoms with E-state index in [9.17, 15) is 4.79 Å². The molecule has 0 aliphatic carbocycles. The van der Waals surface area contributed by atoms with E-state index in [0.717, 1.165) is 37.0 Å². The number of rotatable bonds is 3. The first-order chi connectivity index (χ1) is 10.6. The van der Waals surface area contributed by atoms with Crippen LogP contribution in [-0.2, 0) is 4.79 Å². The van der Waals surface area contributed by atoms with Gasteiger partial charge < -0.3 is 15.5 Å². The van der Waals surface area contributed by atoms with Crippen molar-refractivity contribution in [3.05, 3.63) is 12.5 Å². The first kappa shape index (κ1) is 14.7. The van der Waals surface area contributed by atoms with Crippen LogP contribution in [0.5, 0.6) is 0 Å². The van der Waals surface area contributed by atoms with Crippen LogP contribution in [0.2, 0.25) is 0 Å². The van der Waals surface area contributed by atoms with Crippen molar-refractivity contribution in [2.24, 2.45) is 0 Å². The summed E-state index contributed by atoms with van der Waals surface area (Å²) in [5.41, 5.74) is 6.70. The number of nitrogens with zero attached hydrogens (tertiary/aromatic N) is 6. The molecule has 3 rings (SSSR count). The van der Waals surface area contributed by atoms with Crippen molar-refractivity contribution in [2.75, 3.05) is 39.5 Å². The summed E-state index contributed by atoms with van der Waals surface area (Å²) in [6, 6.07) is 0.220. The Bertz CT molecular complexity index is 673. The number of hydrogen-bond acceptors (Lipinski definition) is 6. The topological polar surface area (TPSA) is 93.2 Å². The van der Waals surface area contributed by atoms with Crippen molar-refractivity contribution in [3.63, 3.8) is 0 Å². The van der Waals surface area contributed by atoms with Gasteiger partial charge in [0.1, 0.15) is 6.33 Å². The Hall–Kier alpha value is -2.22. The third kappa shape index (κ3) is 2.74. The summed E-state index contributed by atoms with van der Waals surface area (Å²) in [5, 5.41) is 5.20. The van der Waals surface area contributed by atoms with Crippen molar-refractivity contribution in [3.8, 4) is 0 Å². The standard InChI is InChI=1S/C14H21N7O/c1-19(2)8-12(22)20-5-3-10(4-6-20)21-14-11(13(15)18-21)7-16-9-17-14/h7,9-10H,3-6,8H2,1-2H3,(H2,15,18). The summed E-state index contributed by atoms with van der Waals surface area (Å²) >= 11 is 0. The van der Waals surface area contributed by atoms with Crippen molar-refractivity contribution in [2.45, 2.75) is 18.9 Å². The van der Waals surface area contributed by atoms with E-state index in [4.69, 9.17) is 5.73 Å². The van der Waals surface area contributed by atoms with E-state index in [1.54, 1.807) is 6.20 Å². The molecule has 8 heteroatoms. The third-order valence-corrected chi connectivity index (χ3v) is 4.01. The number of nitrogen functional groups attached to an aromatic ring is 1. The van der Waals surface area contributed by atoms with Gasteiger partial charge in [-0.05, 0) is 26.9 Å². The molecule has 1 aliphatic heterocycles. The van der Waals surface area contributed by atoms with Gasteiger partial charge in [0.15, 0.2) is 11.5 Å². The lowest BCUT2D eigenvalue weighted by molar-refractivity contribution is -0.133. The molecule has 22 heavy (non-hydrogen) atoms. The van der Waals surface area contributed by atoms with E-state index in [0.29, 0.717) is 12.4 Å². The minimum absolute atomic E-state index is 0.176. The largest absolute Gasteiger partial charge is 0.382 e. The highest BCUT2D eigenvalue weighted by Gasteiger charge is 2.26. The number of nitrogens with two attached hydrogens (primary N) is 1. The molecule has 1 amide bonds. The molecule has 0 aromatic carbocycles. The lowest BCUT2D eigenvalue weighted by atomic mass is 10.1. The minimum Gasteiger partial charge on any atom is -0.382 e. The summed E-state index contributed by atoms with van der Waals surface area (Å²) < 4.78 is 1.89. The van der Waals surface area contributed by atoms with E-state index in [-0.39, 0.29) is 11.9 Å². The van der Waals surface area contributed by atoms with Gasteiger partial charge in [-0.15, -0.1) is 0 Å². The molecule has 0 atom stereocenters. The van der Waals surface area contributed by atoms with Gasteiger partial charge in [0.25, 0.3) is 0 Å². The van der Waals surface area contributed by atoms with E-state index < -0.39 is 0 Å². The summed E-state index contributed by atoms with van der Waals surface area (Å²) in [5.74, 6) is 0.636. The van der Waals surface area contributed by atoms with Gasteiger partial charge in [0.05, 0.1) is 18.0 Å². The smallest absolute Gasteiger partial charge is 0.236 e. The van der Waals surface area contributed by atoms with E-state index in [1.807, 2.05) is 28.6 Å². The Labute approximate surface area is 128 Å². The zero-order valence-electron chi connectivity index (χ0n) is 12.9. The molecule has 0 saturated carbocycles.